The van der Waals surface area contributed by atoms with E-state index in [0.29, 0.717) is 23.4 Å². The van der Waals surface area contributed by atoms with Crippen molar-refractivity contribution in [3.63, 3.8) is 0 Å². The van der Waals surface area contributed by atoms with E-state index in [1.807, 2.05) is 24.4 Å². The lowest BCUT2D eigenvalue weighted by molar-refractivity contribution is -0.910. The maximum absolute atomic E-state index is 13.1. The van der Waals surface area contributed by atoms with Crippen LogP contribution in [0.15, 0.2) is 42.3 Å². The van der Waals surface area contributed by atoms with Gasteiger partial charge in [-0.1, -0.05) is 11.8 Å². The van der Waals surface area contributed by atoms with Crippen LogP contribution in [0.4, 0.5) is 0 Å². The Morgan fingerprint density at radius 1 is 1.16 bits per heavy atom. The Morgan fingerprint density at radius 2 is 1.94 bits per heavy atom. The Morgan fingerprint density at radius 3 is 2.61 bits per heavy atom. The number of fused-ring (bicyclic) bond motifs is 2. The molecule has 2 aromatic carbocycles. The molecular formula is C25H28N2O4. The third kappa shape index (κ3) is 3.68. The van der Waals surface area contributed by atoms with Crippen LogP contribution in [0.3, 0.4) is 0 Å². The molecule has 0 bridgehead atoms. The SMILES string of the molecule is CCn1cc(C=C2Oc3c(ccc([O-])c3C[NH+](CC)CC)C2=O)c2cc(OC)ccc21. The maximum atomic E-state index is 13.1. The van der Waals surface area contributed by atoms with Gasteiger partial charge in [-0.25, -0.2) is 0 Å². The molecule has 6 nitrogen and oxygen atoms in total. The molecule has 3 aromatic rings. The average molecular weight is 421 g/mol. The van der Waals surface area contributed by atoms with Gasteiger partial charge in [-0.15, -0.1) is 0 Å². The molecule has 0 fully saturated rings. The van der Waals surface area contributed by atoms with Crippen molar-refractivity contribution in [2.24, 2.45) is 0 Å². The minimum atomic E-state index is -0.189. The summed E-state index contributed by atoms with van der Waals surface area (Å²) in [4.78, 5) is 14.4. The lowest BCUT2D eigenvalue weighted by Gasteiger charge is -2.21. The maximum Gasteiger partial charge on any atom is 0.231 e. The molecule has 1 aliphatic rings. The van der Waals surface area contributed by atoms with E-state index in [4.69, 9.17) is 9.47 Å². The van der Waals surface area contributed by atoms with Crippen molar-refractivity contribution in [1.29, 1.82) is 0 Å². The van der Waals surface area contributed by atoms with E-state index in [0.717, 1.165) is 41.9 Å². The summed E-state index contributed by atoms with van der Waals surface area (Å²) in [7, 11) is 1.64. The first-order chi connectivity index (χ1) is 15.0. The Kier molecular flexibility index (Phi) is 5.74. The zero-order valence-electron chi connectivity index (χ0n) is 18.5. The van der Waals surface area contributed by atoms with Gasteiger partial charge >= 0.3 is 0 Å². The van der Waals surface area contributed by atoms with Crippen molar-refractivity contribution in [2.45, 2.75) is 33.9 Å². The first kappa shape index (κ1) is 21.0. The van der Waals surface area contributed by atoms with Gasteiger partial charge in [0.15, 0.2) is 5.76 Å². The van der Waals surface area contributed by atoms with E-state index in [1.54, 1.807) is 19.3 Å². The molecule has 0 spiro atoms. The van der Waals surface area contributed by atoms with Gasteiger partial charge in [0.25, 0.3) is 0 Å². The quantitative estimate of drug-likeness (QED) is 0.597. The Labute approximate surface area is 182 Å². The summed E-state index contributed by atoms with van der Waals surface area (Å²) in [6.45, 7) is 9.39. The number of carbonyl (C=O) groups excluding carboxylic acids is 1. The number of benzene rings is 2. The van der Waals surface area contributed by atoms with Gasteiger partial charge in [0.05, 0.1) is 25.8 Å². The van der Waals surface area contributed by atoms with Crippen LogP contribution in [0.25, 0.3) is 17.0 Å². The van der Waals surface area contributed by atoms with Crippen LogP contribution in [-0.2, 0) is 13.1 Å². The molecular weight excluding hydrogens is 392 g/mol. The van der Waals surface area contributed by atoms with E-state index in [-0.39, 0.29) is 17.3 Å². The lowest BCUT2D eigenvalue weighted by Crippen LogP contribution is -3.10. The van der Waals surface area contributed by atoms with Crippen LogP contribution in [-0.4, -0.2) is 30.5 Å². The third-order valence-electron chi connectivity index (χ3n) is 6.07. The van der Waals surface area contributed by atoms with Gasteiger partial charge in [-0.3, -0.25) is 4.79 Å². The standard InChI is InChI=1S/C25H28N2O4/c1-5-26(6-2)15-20-22(28)11-9-18-24(29)23(31-25(18)20)12-16-14-27(7-3)21-10-8-17(30-4)13-19(16)21/h8-14,28H,5-7,15H2,1-4H3. The van der Waals surface area contributed by atoms with Gasteiger partial charge in [0.1, 0.15) is 18.0 Å². The number of allylic oxidation sites excluding steroid dienone is 1. The monoisotopic (exact) mass is 420 g/mol. The second kappa shape index (κ2) is 8.47. The molecule has 0 saturated heterocycles. The van der Waals surface area contributed by atoms with Crippen LogP contribution in [0.2, 0.25) is 0 Å². The van der Waals surface area contributed by atoms with Gasteiger partial charge in [-0.05, 0) is 51.1 Å². The topological polar surface area (TPSA) is 68.0 Å². The number of rotatable bonds is 7. The number of aromatic nitrogens is 1. The number of methoxy groups -OCH3 is 1. The summed E-state index contributed by atoms with van der Waals surface area (Å²) < 4.78 is 13.5. The fourth-order valence-corrected chi connectivity index (χ4v) is 4.16. The largest absolute Gasteiger partial charge is 0.872 e. The van der Waals surface area contributed by atoms with Crippen molar-refractivity contribution in [3.8, 4) is 17.2 Å². The Balaban J connectivity index is 1.77. The van der Waals surface area contributed by atoms with Crippen LogP contribution >= 0.6 is 0 Å². The number of hydrogen-bond acceptors (Lipinski definition) is 4. The predicted molar refractivity (Wildman–Crippen MR) is 119 cm³/mol. The molecule has 0 amide bonds. The number of nitrogens with one attached hydrogen (secondary N) is 1. The minimum Gasteiger partial charge on any atom is -0.872 e. The molecule has 0 aliphatic carbocycles. The smallest absolute Gasteiger partial charge is 0.231 e. The van der Waals surface area contributed by atoms with Crippen molar-refractivity contribution in [3.05, 3.63) is 59.0 Å². The van der Waals surface area contributed by atoms with Crippen LogP contribution in [0, 0.1) is 0 Å². The molecule has 0 radical (unpaired) electrons. The van der Waals surface area contributed by atoms with Gasteiger partial charge in [0, 0.05) is 34.8 Å². The number of ketones is 1. The molecule has 0 saturated carbocycles. The molecule has 162 valence electrons. The fourth-order valence-electron chi connectivity index (χ4n) is 4.16. The van der Waals surface area contributed by atoms with E-state index in [1.165, 1.54) is 11.0 Å². The molecule has 1 aliphatic heterocycles. The van der Waals surface area contributed by atoms with Crippen LogP contribution < -0.4 is 19.5 Å². The number of aryl methyl sites for hydroxylation is 1. The normalized spacial score (nSPS) is 14.5. The number of carbonyl (C=O) groups is 1. The first-order valence-electron chi connectivity index (χ1n) is 10.8. The summed E-state index contributed by atoms with van der Waals surface area (Å²) >= 11 is 0. The van der Waals surface area contributed by atoms with Gasteiger partial charge in [0.2, 0.25) is 5.78 Å². The third-order valence-corrected chi connectivity index (χ3v) is 6.07. The highest BCUT2D eigenvalue weighted by Gasteiger charge is 2.31. The van der Waals surface area contributed by atoms with Crippen molar-refractivity contribution >= 4 is 22.8 Å². The molecule has 1 N–H and O–H groups in total. The predicted octanol–water partition coefficient (Wildman–Crippen LogP) is 2.78. The fraction of sp³-hybridized carbons (Fsp3) is 0.320. The number of Topliss-reactive ketones (excluding diaryl/α,β-unsaturated/α-hetero) is 1. The molecule has 2 heterocycles. The molecule has 6 heteroatoms. The van der Waals surface area contributed by atoms with Crippen LogP contribution in [0.5, 0.6) is 17.2 Å². The molecule has 0 unspecified atom stereocenters. The highest BCUT2D eigenvalue weighted by Crippen LogP contribution is 2.39. The molecule has 4 rings (SSSR count). The number of ether oxygens (including phenoxy) is 2. The summed E-state index contributed by atoms with van der Waals surface area (Å²) in [5, 5.41) is 13.5. The molecule has 31 heavy (non-hydrogen) atoms. The number of nitrogens with zero attached hydrogens (tertiary/aromatic N) is 1. The minimum absolute atomic E-state index is 0.0838. The number of hydrogen-bond donors (Lipinski definition) is 1. The Bertz CT molecular complexity index is 1170. The highest BCUT2D eigenvalue weighted by molar-refractivity contribution is 6.15. The van der Waals surface area contributed by atoms with E-state index in [2.05, 4.69) is 25.3 Å². The van der Waals surface area contributed by atoms with Crippen LogP contribution in [0.1, 0.15) is 42.3 Å². The van der Waals surface area contributed by atoms with Gasteiger partial charge in [-0.2, -0.15) is 0 Å². The van der Waals surface area contributed by atoms with Gasteiger partial charge < -0.3 is 24.0 Å². The molecule has 0 atom stereocenters. The summed E-state index contributed by atoms with van der Waals surface area (Å²) in [5.41, 5.74) is 2.98. The Hall–Kier alpha value is -3.25. The van der Waals surface area contributed by atoms with Crippen molar-refractivity contribution in [2.75, 3.05) is 20.2 Å². The second-order valence-corrected chi connectivity index (χ2v) is 7.75. The zero-order valence-corrected chi connectivity index (χ0v) is 18.5. The summed E-state index contributed by atoms with van der Waals surface area (Å²) in [5.74, 6) is 1.14. The first-order valence-corrected chi connectivity index (χ1v) is 10.8. The van der Waals surface area contributed by atoms with E-state index < -0.39 is 0 Å². The summed E-state index contributed by atoms with van der Waals surface area (Å²) in [6, 6.07) is 8.97. The highest BCUT2D eigenvalue weighted by atomic mass is 16.5. The second-order valence-electron chi connectivity index (χ2n) is 7.75. The van der Waals surface area contributed by atoms with E-state index in [9.17, 15) is 9.90 Å². The van der Waals surface area contributed by atoms with Crippen molar-refractivity contribution < 1.29 is 24.3 Å². The zero-order chi connectivity index (χ0) is 22.1. The average Bonchev–Trinajstić information content (AvgIpc) is 3.30. The van der Waals surface area contributed by atoms with Crippen molar-refractivity contribution in [1.82, 2.24) is 4.57 Å². The lowest BCUT2D eigenvalue weighted by atomic mass is 10.0. The number of quaternary nitrogens is 1. The molecule has 1 aromatic heterocycles. The van der Waals surface area contributed by atoms with E-state index >= 15 is 0 Å². The summed E-state index contributed by atoms with van der Waals surface area (Å²) in [6.07, 6.45) is 3.78.